The fraction of sp³-hybridized carbons (Fsp3) is 0.316. The number of rotatable bonds is 2. The van der Waals surface area contributed by atoms with Gasteiger partial charge in [-0.2, -0.15) is 4.31 Å². The predicted molar refractivity (Wildman–Crippen MR) is 99.6 cm³/mol. The van der Waals surface area contributed by atoms with Crippen molar-refractivity contribution in [1.82, 2.24) is 14.3 Å². The minimum absolute atomic E-state index is 0.153. The van der Waals surface area contributed by atoms with Crippen LogP contribution in [-0.2, 0) is 28.5 Å². The van der Waals surface area contributed by atoms with Gasteiger partial charge in [-0.05, 0) is 24.3 Å². The number of benzene rings is 1. The Hall–Kier alpha value is -2.58. The Morgan fingerprint density at radius 1 is 1.11 bits per heavy atom. The van der Waals surface area contributed by atoms with Crippen molar-refractivity contribution in [2.75, 3.05) is 0 Å². The van der Waals surface area contributed by atoms with Gasteiger partial charge in [0.25, 0.3) is 0 Å². The summed E-state index contributed by atoms with van der Waals surface area (Å²) in [6.45, 7) is 6.51. The van der Waals surface area contributed by atoms with Crippen molar-refractivity contribution < 1.29 is 12.8 Å². The maximum atomic E-state index is 13.1. The minimum atomic E-state index is -3.71. The van der Waals surface area contributed by atoms with Gasteiger partial charge in [0, 0.05) is 35.2 Å². The van der Waals surface area contributed by atoms with Crippen LogP contribution in [0.5, 0.6) is 0 Å². The number of aromatic nitrogens is 2. The van der Waals surface area contributed by atoms with Gasteiger partial charge in [-0.3, -0.25) is 0 Å². The topological polar surface area (TPSA) is 93.4 Å². The lowest BCUT2D eigenvalue weighted by Gasteiger charge is -2.16. The second-order valence-corrected chi connectivity index (χ2v) is 9.58. The summed E-state index contributed by atoms with van der Waals surface area (Å²) < 4.78 is 32.6. The highest BCUT2D eigenvalue weighted by Gasteiger charge is 2.33. The Balaban J connectivity index is 1.69. The molecule has 3 heterocycles. The lowest BCUT2D eigenvalue weighted by molar-refractivity contribution is 0.429. The van der Waals surface area contributed by atoms with Crippen LogP contribution in [-0.4, -0.2) is 22.7 Å². The Bertz CT molecular complexity index is 1210. The van der Waals surface area contributed by atoms with E-state index in [1.807, 2.05) is 20.8 Å². The molecule has 3 aromatic rings. The molecule has 0 atom stereocenters. The molecular formula is C19H19N3O4S. The molecule has 0 amide bonds. The third-order valence-corrected chi connectivity index (χ3v) is 6.31. The summed E-state index contributed by atoms with van der Waals surface area (Å²) >= 11 is 0. The molecule has 4 rings (SSSR count). The molecule has 1 aliphatic heterocycles. The smallest absolute Gasteiger partial charge is 0.336 e. The Morgan fingerprint density at radius 3 is 2.63 bits per heavy atom. The van der Waals surface area contributed by atoms with E-state index in [0.29, 0.717) is 16.8 Å². The molecule has 0 unspecified atom stereocenters. The van der Waals surface area contributed by atoms with Crippen LogP contribution < -0.4 is 5.63 Å². The molecular weight excluding hydrogens is 366 g/mol. The molecule has 0 N–H and O–H groups in total. The first kappa shape index (κ1) is 17.8. The van der Waals surface area contributed by atoms with Crippen LogP contribution in [0.25, 0.3) is 11.0 Å². The first-order valence-corrected chi connectivity index (χ1v) is 9.98. The van der Waals surface area contributed by atoms with E-state index in [1.54, 1.807) is 12.3 Å². The van der Waals surface area contributed by atoms with Gasteiger partial charge in [0.1, 0.15) is 11.4 Å². The van der Waals surface area contributed by atoms with Gasteiger partial charge in [0.15, 0.2) is 0 Å². The number of hydrogen-bond acceptors (Lipinski definition) is 6. The van der Waals surface area contributed by atoms with Crippen molar-refractivity contribution in [3.63, 3.8) is 0 Å². The molecule has 0 saturated carbocycles. The molecule has 0 spiro atoms. The van der Waals surface area contributed by atoms with E-state index in [2.05, 4.69) is 9.97 Å². The number of fused-ring (bicyclic) bond motifs is 2. The molecule has 0 fully saturated rings. The van der Waals surface area contributed by atoms with Crippen LogP contribution in [0.15, 0.2) is 50.6 Å². The zero-order chi connectivity index (χ0) is 19.4. The summed E-state index contributed by atoms with van der Waals surface area (Å²) in [5.41, 5.74) is 1.24. The summed E-state index contributed by atoms with van der Waals surface area (Å²) in [6, 6.07) is 7.30. The SMILES string of the molecule is CC(C)(C)c1ncc2c(n1)CN(S(=O)(=O)c1ccc3oc(=O)ccc3c1)C2. The Kier molecular flexibility index (Phi) is 3.94. The fourth-order valence-corrected chi connectivity index (χ4v) is 4.43. The summed E-state index contributed by atoms with van der Waals surface area (Å²) in [4.78, 5) is 20.4. The normalized spacial score (nSPS) is 15.2. The van der Waals surface area contributed by atoms with E-state index in [9.17, 15) is 13.2 Å². The van der Waals surface area contributed by atoms with E-state index in [0.717, 1.165) is 11.3 Å². The van der Waals surface area contributed by atoms with Gasteiger partial charge in [-0.15, -0.1) is 0 Å². The van der Waals surface area contributed by atoms with E-state index in [4.69, 9.17) is 4.42 Å². The minimum Gasteiger partial charge on any atom is -0.423 e. The van der Waals surface area contributed by atoms with Gasteiger partial charge >= 0.3 is 5.63 Å². The van der Waals surface area contributed by atoms with Gasteiger partial charge in [-0.25, -0.2) is 23.2 Å². The zero-order valence-corrected chi connectivity index (χ0v) is 16.1. The Morgan fingerprint density at radius 2 is 1.89 bits per heavy atom. The highest BCUT2D eigenvalue weighted by atomic mass is 32.2. The lowest BCUT2D eigenvalue weighted by atomic mass is 9.95. The number of sulfonamides is 1. The summed E-state index contributed by atoms with van der Waals surface area (Å²) in [6.07, 6.45) is 1.72. The molecule has 2 aromatic heterocycles. The first-order chi connectivity index (χ1) is 12.6. The van der Waals surface area contributed by atoms with Crippen LogP contribution in [0, 0.1) is 0 Å². The third kappa shape index (κ3) is 3.15. The van der Waals surface area contributed by atoms with Crippen LogP contribution >= 0.6 is 0 Å². The summed E-state index contributed by atoms with van der Waals surface area (Å²) in [5.74, 6) is 0.696. The van der Waals surface area contributed by atoms with Crippen molar-refractivity contribution in [2.45, 2.75) is 44.2 Å². The highest BCUT2D eigenvalue weighted by Crippen LogP contribution is 2.30. The van der Waals surface area contributed by atoms with Crippen LogP contribution in [0.4, 0.5) is 0 Å². The summed E-state index contributed by atoms with van der Waals surface area (Å²) in [7, 11) is -3.71. The van der Waals surface area contributed by atoms with Crippen LogP contribution in [0.1, 0.15) is 37.9 Å². The summed E-state index contributed by atoms with van der Waals surface area (Å²) in [5, 5.41) is 0.558. The molecule has 0 bridgehead atoms. The van der Waals surface area contributed by atoms with Crippen molar-refractivity contribution in [3.8, 4) is 0 Å². The van der Waals surface area contributed by atoms with Gasteiger partial charge in [-0.1, -0.05) is 20.8 Å². The second kappa shape index (κ2) is 5.97. The quantitative estimate of drug-likeness (QED) is 0.630. The van der Waals surface area contributed by atoms with E-state index in [-0.39, 0.29) is 23.4 Å². The average molecular weight is 385 g/mol. The molecule has 1 aromatic carbocycles. The van der Waals surface area contributed by atoms with Gasteiger partial charge in [0.05, 0.1) is 17.1 Å². The molecule has 0 saturated heterocycles. The average Bonchev–Trinajstić information content (AvgIpc) is 3.04. The third-order valence-electron chi connectivity index (χ3n) is 4.53. The molecule has 27 heavy (non-hydrogen) atoms. The molecule has 140 valence electrons. The second-order valence-electron chi connectivity index (χ2n) is 7.64. The van der Waals surface area contributed by atoms with Crippen LogP contribution in [0.2, 0.25) is 0 Å². The van der Waals surface area contributed by atoms with E-state index >= 15 is 0 Å². The van der Waals surface area contributed by atoms with Gasteiger partial charge < -0.3 is 4.42 Å². The van der Waals surface area contributed by atoms with Crippen molar-refractivity contribution in [3.05, 3.63) is 64.0 Å². The maximum Gasteiger partial charge on any atom is 0.336 e. The standard InChI is InChI=1S/C19H19N3O4S/c1-19(2,3)18-20-9-13-10-22(11-15(13)21-18)27(24,25)14-5-6-16-12(8-14)4-7-17(23)26-16/h4-9H,10-11H2,1-3H3. The number of nitrogens with zero attached hydrogens (tertiary/aromatic N) is 3. The zero-order valence-electron chi connectivity index (χ0n) is 15.3. The largest absolute Gasteiger partial charge is 0.423 e. The first-order valence-electron chi connectivity index (χ1n) is 8.54. The van der Waals surface area contributed by atoms with Gasteiger partial charge in [0.2, 0.25) is 10.0 Å². The monoisotopic (exact) mass is 385 g/mol. The maximum absolute atomic E-state index is 13.1. The molecule has 0 radical (unpaired) electrons. The van der Waals surface area contributed by atoms with E-state index < -0.39 is 15.6 Å². The molecule has 1 aliphatic rings. The van der Waals surface area contributed by atoms with Crippen molar-refractivity contribution in [1.29, 1.82) is 0 Å². The van der Waals surface area contributed by atoms with Crippen LogP contribution in [0.3, 0.4) is 0 Å². The Labute approximate surface area is 156 Å². The van der Waals surface area contributed by atoms with E-state index in [1.165, 1.54) is 28.6 Å². The fourth-order valence-electron chi connectivity index (χ4n) is 3.01. The lowest BCUT2D eigenvalue weighted by Crippen LogP contribution is -2.25. The predicted octanol–water partition coefficient (Wildman–Crippen LogP) is 2.59. The molecule has 7 nitrogen and oxygen atoms in total. The molecule has 0 aliphatic carbocycles. The number of hydrogen-bond donors (Lipinski definition) is 0. The molecule has 8 heteroatoms. The van der Waals surface area contributed by atoms with Crippen molar-refractivity contribution >= 4 is 21.0 Å². The van der Waals surface area contributed by atoms with Crippen molar-refractivity contribution in [2.24, 2.45) is 0 Å². The highest BCUT2D eigenvalue weighted by molar-refractivity contribution is 7.89.